The van der Waals surface area contributed by atoms with E-state index in [4.69, 9.17) is 9.57 Å². The molecule has 11 nitrogen and oxygen atoms in total. The third kappa shape index (κ3) is 7.99. The van der Waals surface area contributed by atoms with Gasteiger partial charge in [0.1, 0.15) is 53.1 Å². The molecule has 300 valence electrons. The van der Waals surface area contributed by atoms with E-state index in [1.807, 2.05) is 115 Å². The van der Waals surface area contributed by atoms with Crippen molar-refractivity contribution < 1.29 is 28.8 Å². The number of esters is 1. The van der Waals surface area contributed by atoms with Gasteiger partial charge in [-0.2, -0.15) is 0 Å². The smallest absolute Gasteiger partial charge is 0.356 e. The number of thioether (sulfide) groups is 1. The lowest BCUT2D eigenvalue weighted by Crippen LogP contribution is -2.71. The van der Waals surface area contributed by atoms with Crippen LogP contribution >= 0.6 is 30.4 Å². The van der Waals surface area contributed by atoms with Crippen molar-refractivity contribution >= 4 is 81.3 Å². The van der Waals surface area contributed by atoms with E-state index in [0.717, 1.165) is 44.0 Å². The van der Waals surface area contributed by atoms with Crippen LogP contribution in [0.4, 0.5) is 5.13 Å². The molecule has 2 aliphatic heterocycles. The summed E-state index contributed by atoms with van der Waals surface area (Å²) >= 11 is 2.58. The first-order valence-corrected chi connectivity index (χ1v) is 22.9. The molecule has 1 saturated heterocycles. The number of oxime groups is 1. The molecular weight excluding hydrogens is 814 g/mol. The van der Waals surface area contributed by atoms with Gasteiger partial charge < -0.3 is 20.2 Å². The highest BCUT2D eigenvalue weighted by Crippen LogP contribution is 2.58. The van der Waals surface area contributed by atoms with Crippen LogP contribution < -0.4 is 26.5 Å². The standard InChI is InChI=1S/C46H38N5O6PS2/c1-56-50-38(37-29-60-46(48-37)47-30-52)42(53)49-39-43(54)51-40(45(55)57-41(31-17-7-2-8-18-31)32-19-9-3-10-20-32)33(28-59-44(39)51)27-58(34-21-11-4-12-22-34,35-23-13-5-14-24-35)36-25-15-6-16-26-36/h2-26,29-30,39,41,44H,27-28H2,1H3,(H-,47,48,49,52,53)/p+1/t39?,44-/m1/s1. The lowest BCUT2D eigenvalue weighted by Gasteiger charge is -2.50. The van der Waals surface area contributed by atoms with Crippen LogP contribution in [0.3, 0.4) is 0 Å². The zero-order chi connectivity index (χ0) is 41.5. The van der Waals surface area contributed by atoms with E-state index in [1.165, 1.54) is 23.8 Å². The molecule has 8 rings (SSSR count). The SMILES string of the molecule is CON=C(C(=O)NC1C(=O)N2C(C(=O)OC(c3ccccc3)c3ccccc3)=C(C[P+](c3ccccc3)(c3ccccc3)c3ccccc3)CS[C@H]12)c1csc(NC=O)n1. The predicted molar refractivity (Wildman–Crippen MR) is 238 cm³/mol. The lowest BCUT2D eigenvalue weighted by molar-refractivity contribution is -0.154. The van der Waals surface area contributed by atoms with Crippen LogP contribution in [0, 0.1) is 0 Å². The van der Waals surface area contributed by atoms with Gasteiger partial charge in [0, 0.05) is 16.7 Å². The van der Waals surface area contributed by atoms with Gasteiger partial charge in [-0.05, 0) is 47.5 Å². The molecule has 2 atom stereocenters. The number of thiazole rings is 1. The van der Waals surface area contributed by atoms with Gasteiger partial charge in [-0.25, -0.2) is 9.78 Å². The van der Waals surface area contributed by atoms with E-state index in [-0.39, 0.29) is 22.2 Å². The first-order chi connectivity index (χ1) is 29.4. The topological polar surface area (TPSA) is 139 Å². The molecule has 0 radical (unpaired) electrons. The molecule has 2 N–H and O–H groups in total. The van der Waals surface area contributed by atoms with Crippen LogP contribution in [0.1, 0.15) is 22.9 Å². The summed E-state index contributed by atoms with van der Waals surface area (Å²) in [6.07, 6.45) is 0.161. The Morgan fingerprint density at radius 3 is 1.85 bits per heavy atom. The molecular formula is C46H39N5O6PS2+. The van der Waals surface area contributed by atoms with E-state index < -0.39 is 42.6 Å². The minimum absolute atomic E-state index is 0.158. The van der Waals surface area contributed by atoms with Crippen LogP contribution in [0.2, 0.25) is 0 Å². The van der Waals surface area contributed by atoms with E-state index in [9.17, 15) is 14.4 Å². The summed E-state index contributed by atoms with van der Waals surface area (Å²) in [7, 11) is -1.24. The maximum atomic E-state index is 15.1. The van der Waals surface area contributed by atoms with Crippen LogP contribution in [0.25, 0.3) is 0 Å². The summed E-state index contributed by atoms with van der Waals surface area (Å²) in [4.78, 5) is 65.2. The number of β-lactam (4-membered cyclic amide) rings is 1. The molecule has 6 aromatic rings. The molecule has 14 heteroatoms. The number of fused-ring (bicyclic) bond motifs is 1. The van der Waals surface area contributed by atoms with Crippen molar-refractivity contribution in [2.24, 2.45) is 5.16 Å². The number of hydrogen-bond donors (Lipinski definition) is 2. The summed E-state index contributed by atoms with van der Waals surface area (Å²) in [5.74, 6) is -1.43. The van der Waals surface area contributed by atoms with Crippen LogP contribution in [-0.2, 0) is 28.8 Å². The summed E-state index contributed by atoms with van der Waals surface area (Å²) in [5.41, 5.74) is 2.48. The number of amides is 3. The number of nitrogens with zero attached hydrogens (tertiary/aromatic N) is 3. The fourth-order valence-electron chi connectivity index (χ4n) is 7.60. The monoisotopic (exact) mass is 852 g/mol. The van der Waals surface area contributed by atoms with E-state index in [2.05, 4.69) is 57.2 Å². The second-order valence-electron chi connectivity index (χ2n) is 13.8. The maximum absolute atomic E-state index is 15.1. The molecule has 2 aliphatic rings. The van der Waals surface area contributed by atoms with Gasteiger partial charge in [0.05, 0.1) is 6.16 Å². The third-order valence-corrected chi connectivity index (χ3v) is 16.8. The molecule has 1 fully saturated rings. The number of anilines is 1. The van der Waals surface area contributed by atoms with Gasteiger partial charge in [-0.3, -0.25) is 19.3 Å². The highest BCUT2D eigenvalue weighted by molar-refractivity contribution is 8.00. The Hall–Kier alpha value is -6.40. The Morgan fingerprint density at radius 2 is 1.35 bits per heavy atom. The fourth-order valence-corrected chi connectivity index (χ4v) is 14.1. The second-order valence-corrected chi connectivity index (χ2v) is 19.3. The predicted octanol–water partition coefficient (Wildman–Crippen LogP) is 6.04. The molecule has 0 spiro atoms. The Kier molecular flexibility index (Phi) is 12.3. The molecule has 3 heterocycles. The normalized spacial score (nSPS) is 16.4. The zero-order valence-electron chi connectivity index (χ0n) is 32.3. The van der Waals surface area contributed by atoms with Crippen molar-refractivity contribution in [1.82, 2.24) is 15.2 Å². The van der Waals surface area contributed by atoms with Crippen LogP contribution in [0.5, 0.6) is 0 Å². The Labute approximate surface area is 355 Å². The van der Waals surface area contributed by atoms with Crippen molar-refractivity contribution in [3.05, 3.63) is 185 Å². The fraction of sp³-hybridized carbons (Fsp3) is 0.130. The average Bonchev–Trinajstić information content (AvgIpc) is 3.77. The van der Waals surface area contributed by atoms with Gasteiger partial charge in [0.15, 0.2) is 16.9 Å². The highest BCUT2D eigenvalue weighted by Gasteiger charge is 2.57. The number of benzene rings is 5. The van der Waals surface area contributed by atoms with E-state index >= 15 is 4.79 Å². The number of hydrogen-bond acceptors (Lipinski definition) is 10. The Morgan fingerprint density at radius 1 is 0.833 bits per heavy atom. The first-order valence-electron chi connectivity index (χ1n) is 19.0. The summed E-state index contributed by atoms with van der Waals surface area (Å²) in [6.45, 7) is 0. The van der Waals surface area contributed by atoms with Crippen LogP contribution in [0.15, 0.2) is 173 Å². The average molecular weight is 853 g/mol. The molecule has 1 aromatic heterocycles. The second kappa shape index (κ2) is 18.3. The van der Waals surface area contributed by atoms with Crippen molar-refractivity contribution in [2.75, 3.05) is 24.3 Å². The summed E-state index contributed by atoms with van der Waals surface area (Å²) in [6, 6.07) is 49.1. The number of carbonyl (C=O) groups excluding carboxylic acids is 4. The minimum Gasteiger partial charge on any atom is -0.448 e. The molecule has 0 bridgehead atoms. The number of carbonyl (C=O) groups is 4. The minimum atomic E-state index is -2.54. The van der Waals surface area contributed by atoms with E-state index in [0.29, 0.717) is 18.3 Å². The van der Waals surface area contributed by atoms with Crippen molar-refractivity contribution in [3.8, 4) is 0 Å². The summed E-state index contributed by atoms with van der Waals surface area (Å²) in [5, 5.41) is 13.7. The van der Waals surface area contributed by atoms with Crippen molar-refractivity contribution in [3.63, 3.8) is 0 Å². The van der Waals surface area contributed by atoms with Crippen molar-refractivity contribution in [2.45, 2.75) is 17.5 Å². The Bertz CT molecular complexity index is 2410. The first kappa shape index (κ1) is 40.4. The van der Waals surface area contributed by atoms with Crippen molar-refractivity contribution in [1.29, 1.82) is 0 Å². The zero-order valence-corrected chi connectivity index (χ0v) is 34.8. The number of aromatic nitrogens is 1. The lowest BCUT2D eigenvalue weighted by atomic mass is 10.0. The molecule has 3 amide bonds. The van der Waals surface area contributed by atoms with Gasteiger partial charge in [-0.1, -0.05) is 120 Å². The quantitative estimate of drug-likeness (QED) is 0.0319. The molecule has 60 heavy (non-hydrogen) atoms. The third-order valence-electron chi connectivity index (χ3n) is 10.3. The molecule has 0 saturated carbocycles. The molecule has 0 aliphatic carbocycles. The molecule has 1 unspecified atom stereocenters. The largest absolute Gasteiger partial charge is 0.448 e. The van der Waals surface area contributed by atoms with Crippen LogP contribution in [-0.4, -0.2) is 70.2 Å². The highest BCUT2D eigenvalue weighted by atomic mass is 32.2. The van der Waals surface area contributed by atoms with Gasteiger partial charge in [0.2, 0.25) is 6.41 Å². The van der Waals surface area contributed by atoms with Gasteiger partial charge in [-0.15, -0.1) is 23.1 Å². The summed E-state index contributed by atoms with van der Waals surface area (Å²) < 4.78 is 6.54. The number of ether oxygens (including phenoxy) is 1. The maximum Gasteiger partial charge on any atom is 0.356 e. The van der Waals surface area contributed by atoms with E-state index in [1.54, 1.807) is 5.38 Å². The Balaban J connectivity index is 1.22. The van der Waals surface area contributed by atoms with Gasteiger partial charge in [0.25, 0.3) is 11.8 Å². The number of nitrogens with one attached hydrogen (secondary N) is 2. The van der Waals surface area contributed by atoms with Gasteiger partial charge >= 0.3 is 5.97 Å². The number of rotatable bonds is 15. The molecule has 5 aromatic carbocycles.